The van der Waals surface area contributed by atoms with E-state index in [1.165, 1.54) is 6.07 Å². The van der Waals surface area contributed by atoms with E-state index in [1.807, 2.05) is 0 Å². The number of carbonyl (C=O) groups excluding carboxylic acids is 1. The first-order valence-electron chi connectivity index (χ1n) is 11.3. The Morgan fingerprint density at radius 2 is 1.92 bits per heavy atom. The number of carbonyl (C=O) groups is 1. The lowest BCUT2D eigenvalue weighted by Crippen LogP contribution is -2.41. The van der Waals surface area contributed by atoms with Crippen LogP contribution in [0.4, 0.5) is 17.3 Å². The average Bonchev–Trinajstić information content (AvgIpc) is 3.10. The van der Waals surface area contributed by atoms with Crippen LogP contribution in [0.15, 0.2) is 59.8 Å². The quantitative estimate of drug-likeness (QED) is 0.447. The third-order valence-corrected chi connectivity index (χ3v) is 7.96. The molecule has 0 bridgehead atoms. The monoisotopic (exact) mass is 547 g/mol. The number of amides is 1. The van der Waals surface area contributed by atoms with Crippen molar-refractivity contribution >= 4 is 56.5 Å². The van der Waals surface area contributed by atoms with Gasteiger partial charge in [-0.1, -0.05) is 36.2 Å². The maximum Gasteiger partial charge on any atom is 0.281 e. The van der Waals surface area contributed by atoms with Crippen LogP contribution in [0.1, 0.15) is 37.6 Å². The van der Waals surface area contributed by atoms with E-state index in [1.54, 1.807) is 60.6 Å². The lowest BCUT2D eigenvalue weighted by Gasteiger charge is -2.33. The molecule has 2 aromatic heterocycles. The summed E-state index contributed by atoms with van der Waals surface area (Å²) in [7, 11) is -2.58. The molecule has 11 heteroatoms. The molecule has 1 aromatic carbocycles. The van der Waals surface area contributed by atoms with Gasteiger partial charge in [0.1, 0.15) is 11.6 Å². The van der Waals surface area contributed by atoms with Crippen LogP contribution in [0.25, 0.3) is 0 Å². The van der Waals surface area contributed by atoms with Gasteiger partial charge in [-0.15, -0.1) is 0 Å². The summed E-state index contributed by atoms with van der Waals surface area (Å²) < 4.78 is 28.5. The second-order valence-corrected chi connectivity index (χ2v) is 12.0. The van der Waals surface area contributed by atoms with Crippen LogP contribution in [-0.2, 0) is 10.0 Å². The molecule has 1 amide bonds. The molecule has 1 fully saturated rings. The van der Waals surface area contributed by atoms with Crippen molar-refractivity contribution in [3.05, 3.63) is 70.3 Å². The summed E-state index contributed by atoms with van der Waals surface area (Å²) in [5.41, 5.74) is 0.560. The molecule has 1 saturated heterocycles. The normalized spacial score (nSPS) is 17.2. The molecule has 1 unspecified atom stereocenters. The van der Waals surface area contributed by atoms with Crippen LogP contribution in [-0.4, -0.2) is 43.4 Å². The first-order chi connectivity index (χ1) is 16.9. The predicted octanol–water partition coefficient (Wildman–Crippen LogP) is 5.29. The highest BCUT2D eigenvalue weighted by molar-refractivity contribution is 7.90. The molecule has 1 N–H and O–H groups in total. The number of aromatic nitrogens is 2. The van der Waals surface area contributed by atoms with Crippen molar-refractivity contribution in [1.29, 1.82) is 0 Å². The number of rotatable bonds is 6. The summed E-state index contributed by atoms with van der Waals surface area (Å²) in [6.45, 7) is 7.03. The van der Waals surface area contributed by atoms with Crippen molar-refractivity contribution in [2.75, 3.05) is 23.4 Å². The molecule has 36 heavy (non-hydrogen) atoms. The summed E-state index contributed by atoms with van der Waals surface area (Å²) >= 11 is 12.3. The molecule has 8 nitrogen and oxygen atoms in total. The van der Waals surface area contributed by atoms with Crippen LogP contribution in [0, 0.1) is 5.92 Å². The summed E-state index contributed by atoms with van der Waals surface area (Å²) in [4.78, 5) is 25.6. The van der Waals surface area contributed by atoms with E-state index in [0.29, 0.717) is 33.3 Å². The van der Waals surface area contributed by atoms with Crippen LogP contribution in [0.2, 0.25) is 10.0 Å². The van der Waals surface area contributed by atoms with E-state index in [2.05, 4.69) is 40.4 Å². The van der Waals surface area contributed by atoms with Gasteiger partial charge in [0.2, 0.25) is 0 Å². The molecule has 0 saturated carbocycles. The zero-order valence-electron chi connectivity index (χ0n) is 20.4. The van der Waals surface area contributed by atoms with Crippen LogP contribution in [0.5, 0.6) is 0 Å². The third-order valence-electron chi connectivity index (χ3n) is 6.19. The van der Waals surface area contributed by atoms with Crippen molar-refractivity contribution in [2.45, 2.75) is 37.8 Å². The number of nitrogens with zero attached hydrogens (tertiary/aromatic N) is 4. The average molecular weight is 548 g/mol. The van der Waals surface area contributed by atoms with Gasteiger partial charge in [-0.2, -0.15) is 8.42 Å². The molecule has 0 radical (unpaired) electrons. The molecule has 3 heterocycles. The van der Waals surface area contributed by atoms with Gasteiger partial charge in [0.05, 0.1) is 16.3 Å². The minimum Gasteiger partial charge on any atom is -0.351 e. The summed E-state index contributed by atoms with van der Waals surface area (Å²) in [6, 6.07) is 12.7. The van der Waals surface area contributed by atoms with E-state index in [0.717, 1.165) is 13.0 Å². The van der Waals surface area contributed by atoms with Gasteiger partial charge in [0.15, 0.2) is 5.03 Å². The molecule has 1 aliphatic heterocycles. The number of nitrogens with one attached hydrogen (secondary N) is 1. The Hall–Kier alpha value is -2.88. The first-order valence-corrected chi connectivity index (χ1v) is 13.6. The van der Waals surface area contributed by atoms with E-state index < -0.39 is 15.9 Å². The van der Waals surface area contributed by atoms with Crippen molar-refractivity contribution in [1.82, 2.24) is 14.7 Å². The zero-order chi connectivity index (χ0) is 26.3. The lowest BCUT2D eigenvalue weighted by atomic mass is 9.97. The Morgan fingerprint density at radius 1 is 1.17 bits per heavy atom. The Bertz CT molecular complexity index is 1410. The first kappa shape index (κ1) is 26.2. The standard InChI is InChI=1S/C25H27Cl2N5O3S/c1-16-14-25(2,3)32(15-16)23-18(7-6-12-28-23)24(33)30-36(34,35)22-9-5-8-21(29-22)31(4)20-11-10-17(26)13-19(20)27/h5-13,16H,14-15H2,1-4H3,(H,30,33). The molecular formula is C25H27Cl2N5O3S. The molecule has 1 aliphatic rings. The molecule has 0 aliphatic carbocycles. The lowest BCUT2D eigenvalue weighted by molar-refractivity contribution is 0.0981. The third kappa shape index (κ3) is 5.28. The number of anilines is 3. The topological polar surface area (TPSA) is 95.5 Å². The van der Waals surface area contributed by atoms with Gasteiger partial charge in [-0.3, -0.25) is 4.79 Å². The van der Waals surface area contributed by atoms with Gasteiger partial charge in [0, 0.05) is 30.4 Å². The Kier molecular flexibility index (Phi) is 7.19. The molecular weight excluding hydrogens is 521 g/mol. The molecule has 4 rings (SSSR count). The van der Waals surface area contributed by atoms with Crippen molar-refractivity contribution in [3.8, 4) is 0 Å². The predicted molar refractivity (Wildman–Crippen MR) is 143 cm³/mol. The van der Waals surface area contributed by atoms with Gasteiger partial charge < -0.3 is 9.80 Å². The Balaban J connectivity index is 1.61. The largest absolute Gasteiger partial charge is 0.351 e. The molecule has 3 aromatic rings. The molecule has 1 atom stereocenters. The smallest absolute Gasteiger partial charge is 0.281 e. The number of hydrogen-bond donors (Lipinski definition) is 1. The number of pyridine rings is 2. The van der Waals surface area contributed by atoms with E-state index in [9.17, 15) is 13.2 Å². The van der Waals surface area contributed by atoms with Gasteiger partial charge in [0.25, 0.3) is 15.9 Å². The van der Waals surface area contributed by atoms with E-state index >= 15 is 0 Å². The number of halogens is 2. The van der Waals surface area contributed by atoms with Crippen LogP contribution >= 0.6 is 23.2 Å². The number of sulfonamides is 1. The highest BCUT2D eigenvalue weighted by atomic mass is 35.5. The van der Waals surface area contributed by atoms with Gasteiger partial charge in [-0.25, -0.2) is 14.7 Å². The fourth-order valence-electron chi connectivity index (χ4n) is 4.60. The van der Waals surface area contributed by atoms with Gasteiger partial charge >= 0.3 is 0 Å². The summed E-state index contributed by atoms with van der Waals surface area (Å²) in [6.07, 6.45) is 2.53. The molecule has 190 valence electrons. The Morgan fingerprint density at radius 3 is 2.58 bits per heavy atom. The maximum atomic E-state index is 13.2. The minimum absolute atomic E-state index is 0.185. The highest BCUT2D eigenvalue weighted by Gasteiger charge is 2.39. The minimum atomic E-state index is -4.28. The van der Waals surface area contributed by atoms with Crippen molar-refractivity contribution in [3.63, 3.8) is 0 Å². The van der Waals surface area contributed by atoms with Crippen LogP contribution < -0.4 is 14.5 Å². The van der Waals surface area contributed by atoms with Crippen molar-refractivity contribution < 1.29 is 13.2 Å². The summed E-state index contributed by atoms with van der Waals surface area (Å²) in [5, 5.41) is 0.563. The number of hydrogen-bond acceptors (Lipinski definition) is 7. The van der Waals surface area contributed by atoms with E-state index in [-0.39, 0.29) is 16.1 Å². The maximum absolute atomic E-state index is 13.2. The SMILES string of the molecule is CC1CN(c2ncccc2C(=O)NS(=O)(=O)c2cccc(N(C)c3ccc(Cl)cc3Cl)n2)C(C)(C)C1. The van der Waals surface area contributed by atoms with Gasteiger partial charge in [-0.05, 0) is 68.7 Å². The zero-order valence-corrected chi connectivity index (χ0v) is 22.7. The second kappa shape index (κ2) is 9.88. The van der Waals surface area contributed by atoms with Crippen molar-refractivity contribution in [2.24, 2.45) is 5.92 Å². The Labute approximate surface area is 221 Å². The number of benzene rings is 1. The fourth-order valence-corrected chi connectivity index (χ4v) is 6.06. The molecule has 0 spiro atoms. The highest BCUT2D eigenvalue weighted by Crippen LogP contribution is 2.37. The summed E-state index contributed by atoms with van der Waals surface area (Å²) in [5.74, 6) is 0.428. The fraction of sp³-hybridized carbons (Fsp3) is 0.320. The second-order valence-electron chi connectivity index (χ2n) is 9.53. The van der Waals surface area contributed by atoms with Crippen LogP contribution in [0.3, 0.4) is 0 Å². The van der Waals surface area contributed by atoms with E-state index in [4.69, 9.17) is 23.2 Å².